The predicted molar refractivity (Wildman–Crippen MR) is 115 cm³/mol. The van der Waals surface area contributed by atoms with Gasteiger partial charge in [0.05, 0.1) is 19.0 Å². The Labute approximate surface area is 182 Å². The first-order valence-corrected chi connectivity index (χ1v) is 11.0. The lowest BCUT2D eigenvalue weighted by Crippen LogP contribution is -2.22. The number of halogens is 3. The molecule has 1 heterocycles. The normalized spacial score (nSPS) is 11.5. The number of benzene rings is 1. The van der Waals surface area contributed by atoms with E-state index in [2.05, 4.69) is 16.9 Å². The van der Waals surface area contributed by atoms with Crippen LogP contribution < -0.4 is 4.74 Å². The number of carbonyl (C=O) groups is 1. The van der Waals surface area contributed by atoms with Crippen LogP contribution in [0.3, 0.4) is 0 Å². The monoisotopic (exact) mass is 436 g/mol. The maximum absolute atomic E-state index is 12.3. The number of ether oxygens (including phenoxy) is 1. The first kappa shape index (κ1) is 24.8. The summed E-state index contributed by atoms with van der Waals surface area (Å²) >= 11 is 0. The van der Waals surface area contributed by atoms with Crippen molar-refractivity contribution in [2.24, 2.45) is 0 Å². The number of hydrogen-bond acceptors (Lipinski definition) is 4. The molecule has 0 saturated carbocycles. The van der Waals surface area contributed by atoms with Gasteiger partial charge >= 0.3 is 6.18 Å². The standard InChI is InChI=1S/C24H31F3N2O2/c1-2-3-4-5-6-7-8-9-16-31-21-17-28-23(29-18-21)20-13-10-19(11-14-20)12-15-22(30)24(25,26)27/h10-11,13-14,17-18H,2-9,12,15-16H2,1H3. The molecular formula is C24H31F3N2O2. The van der Waals surface area contributed by atoms with Crippen molar-refractivity contribution in [1.29, 1.82) is 0 Å². The van der Waals surface area contributed by atoms with E-state index in [0.717, 1.165) is 18.4 Å². The van der Waals surface area contributed by atoms with Crippen LogP contribution >= 0.6 is 0 Å². The second-order valence-corrected chi connectivity index (χ2v) is 7.68. The largest absolute Gasteiger partial charge is 0.490 e. The number of carbonyl (C=O) groups excluding carboxylic acids is 1. The van der Waals surface area contributed by atoms with E-state index >= 15 is 0 Å². The third-order valence-electron chi connectivity index (χ3n) is 5.06. The Morgan fingerprint density at radius 3 is 2.06 bits per heavy atom. The molecule has 7 heteroatoms. The van der Waals surface area contributed by atoms with Gasteiger partial charge in [0.1, 0.15) is 0 Å². The van der Waals surface area contributed by atoms with E-state index in [-0.39, 0.29) is 6.42 Å². The second kappa shape index (κ2) is 13.1. The zero-order chi connectivity index (χ0) is 22.5. The highest BCUT2D eigenvalue weighted by Crippen LogP contribution is 2.21. The number of hydrogen-bond donors (Lipinski definition) is 0. The van der Waals surface area contributed by atoms with Crippen LogP contribution in [0.5, 0.6) is 5.75 Å². The van der Waals surface area contributed by atoms with Crippen molar-refractivity contribution in [2.75, 3.05) is 6.61 Å². The molecule has 0 unspecified atom stereocenters. The molecule has 0 saturated heterocycles. The van der Waals surface area contributed by atoms with Gasteiger partial charge in [-0.25, -0.2) is 9.97 Å². The summed E-state index contributed by atoms with van der Waals surface area (Å²) in [5.41, 5.74) is 1.41. The third kappa shape index (κ3) is 9.49. The van der Waals surface area contributed by atoms with E-state index < -0.39 is 18.4 Å². The van der Waals surface area contributed by atoms with Crippen LogP contribution in [0.15, 0.2) is 36.7 Å². The first-order chi connectivity index (χ1) is 14.9. The summed E-state index contributed by atoms with van der Waals surface area (Å²) in [4.78, 5) is 19.6. The average molecular weight is 437 g/mol. The zero-order valence-electron chi connectivity index (χ0n) is 18.1. The Kier molecular flexibility index (Phi) is 10.5. The first-order valence-electron chi connectivity index (χ1n) is 11.0. The van der Waals surface area contributed by atoms with Crippen LogP contribution in [0, 0.1) is 0 Å². The molecule has 1 aromatic heterocycles. The smallest absolute Gasteiger partial charge is 0.449 e. The van der Waals surface area contributed by atoms with Gasteiger partial charge in [0.2, 0.25) is 5.78 Å². The van der Waals surface area contributed by atoms with Crippen LogP contribution in [0.25, 0.3) is 11.4 Å². The maximum Gasteiger partial charge on any atom is 0.449 e. The molecule has 2 aromatic rings. The van der Waals surface area contributed by atoms with Crippen molar-refractivity contribution in [2.45, 2.75) is 77.3 Å². The third-order valence-corrected chi connectivity index (χ3v) is 5.06. The van der Waals surface area contributed by atoms with Crippen LogP contribution in [0.1, 0.15) is 70.3 Å². The molecule has 0 N–H and O–H groups in total. The SMILES string of the molecule is CCCCCCCCCCOc1cnc(-c2ccc(CCC(=O)C(F)(F)F)cc2)nc1. The Hall–Kier alpha value is -2.44. The highest BCUT2D eigenvalue weighted by Gasteiger charge is 2.37. The number of ketones is 1. The molecule has 4 nitrogen and oxygen atoms in total. The second-order valence-electron chi connectivity index (χ2n) is 7.68. The van der Waals surface area contributed by atoms with Gasteiger partial charge in [0.25, 0.3) is 0 Å². The number of aryl methyl sites for hydroxylation is 1. The molecule has 0 aliphatic rings. The van der Waals surface area contributed by atoms with Gasteiger partial charge < -0.3 is 4.74 Å². The minimum atomic E-state index is -4.77. The van der Waals surface area contributed by atoms with E-state index in [1.165, 1.54) is 38.5 Å². The summed E-state index contributed by atoms with van der Waals surface area (Å²) in [5, 5.41) is 0. The van der Waals surface area contributed by atoms with Crippen LogP contribution in [-0.2, 0) is 11.2 Å². The molecule has 0 spiro atoms. The molecule has 0 radical (unpaired) electrons. The quantitative estimate of drug-likeness (QED) is 0.308. The van der Waals surface area contributed by atoms with Crippen LogP contribution in [0.2, 0.25) is 0 Å². The lowest BCUT2D eigenvalue weighted by molar-refractivity contribution is -0.171. The molecule has 0 fully saturated rings. The summed E-state index contributed by atoms with van der Waals surface area (Å²) in [6.07, 6.45) is 7.92. The van der Waals surface area contributed by atoms with Gasteiger partial charge in [-0.3, -0.25) is 4.79 Å². The predicted octanol–water partition coefficient (Wildman–Crippen LogP) is 6.73. The molecule has 0 amide bonds. The number of Topliss-reactive ketones (excluding diaryl/α,β-unsaturated/α-hetero) is 1. The summed E-state index contributed by atoms with van der Waals surface area (Å²) in [7, 11) is 0. The van der Waals surface area contributed by atoms with Crippen molar-refractivity contribution in [1.82, 2.24) is 9.97 Å². The molecule has 0 atom stereocenters. The Morgan fingerprint density at radius 1 is 0.903 bits per heavy atom. The fourth-order valence-electron chi connectivity index (χ4n) is 3.19. The topological polar surface area (TPSA) is 52.1 Å². The van der Waals surface area contributed by atoms with Gasteiger partial charge in [0.15, 0.2) is 11.6 Å². The molecule has 0 bridgehead atoms. The lowest BCUT2D eigenvalue weighted by Gasteiger charge is -2.07. The van der Waals surface area contributed by atoms with E-state index in [1.54, 1.807) is 36.7 Å². The summed E-state index contributed by atoms with van der Waals surface area (Å²) in [5.74, 6) is -0.575. The van der Waals surface area contributed by atoms with E-state index in [1.807, 2.05) is 0 Å². The summed E-state index contributed by atoms with van der Waals surface area (Å²) in [6, 6.07) is 6.86. The van der Waals surface area contributed by atoms with Crippen molar-refractivity contribution in [3.05, 3.63) is 42.2 Å². The molecular weight excluding hydrogens is 405 g/mol. The molecule has 31 heavy (non-hydrogen) atoms. The van der Waals surface area contributed by atoms with Gasteiger partial charge in [-0.15, -0.1) is 0 Å². The number of alkyl halides is 3. The molecule has 170 valence electrons. The van der Waals surface area contributed by atoms with E-state index in [0.29, 0.717) is 23.7 Å². The zero-order valence-corrected chi connectivity index (χ0v) is 18.1. The van der Waals surface area contributed by atoms with Gasteiger partial charge in [-0.2, -0.15) is 13.2 Å². The van der Waals surface area contributed by atoms with Crippen LogP contribution in [0.4, 0.5) is 13.2 Å². The molecule has 0 aliphatic carbocycles. The van der Waals surface area contributed by atoms with Crippen molar-refractivity contribution >= 4 is 5.78 Å². The highest BCUT2D eigenvalue weighted by atomic mass is 19.4. The fraction of sp³-hybridized carbons (Fsp3) is 0.542. The minimum Gasteiger partial charge on any atom is -0.490 e. The number of rotatable bonds is 14. The Bertz CT molecular complexity index is 775. The molecule has 0 aliphatic heterocycles. The minimum absolute atomic E-state index is 0.0466. The summed E-state index contributed by atoms with van der Waals surface area (Å²) in [6.45, 7) is 2.86. The van der Waals surface area contributed by atoms with Gasteiger partial charge in [-0.1, -0.05) is 76.1 Å². The fourth-order valence-corrected chi connectivity index (χ4v) is 3.19. The average Bonchev–Trinajstić information content (AvgIpc) is 2.76. The Morgan fingerprint density at radius 2 is 1.48 bits per heavy atom. The van der Waals surface area contributed by atoms with Crippen molar-refractivity contribution < 1.29 is 22.7 Å². The number of aromatic nitrogens is 2. The highest BCUT2D eigenvalue weighted by molar-refractivity contribution is 5.84. The van der Waals surface area contributed by atoms with E-state index in [4.69, 9.17) is 4.74 Å². The Balaban J connectivity index is 1.71. The maximum atomic E-state index is 12.3. The molecule has 1 aromatic carbocycles. The number of nitrogens with zero attached hydrogens (tertiary/aromatic N) is 2. The van der Waals surface area contributed by atoms with Gasteiger partial charge in [-0.05, 0) is 18.4 Å². The van der Waals surface area contributed by atoms with Crippen molar-refractivity contribution in [3.63, 3.8) is 0 Å². The number of unbranched alkanes of at least 4 members (excludes halogenated alkanes) is 7. The lowest BCUT2D eigenvalue weighted by atomic mass is 10.1. The molecule has 2 rings (SSSR count). The van der Waals surface area contributed by atoms with Crippen molar-refractivity contribution in [3.8, 4) is 17.1 Å². The van der Waals surface area contributed by atoms with Crippen LogP contribution in [-0.4, -0.2) is 28.5 Å². The van der Waals surface area contributed by atoms with Gasteiger partial charge in [0, 0.05) is 12.0 Å². The van der Waals surface area contributed by atoms with E-state index in [9.17, 15) is 18.0 Å². The summed E-state index contributed by atoms with van der Waals surface area (Å²) < 4.78 is 42.5.